The molecule has 0 fully saturated rings. The minimum absolute atomic E-state index is 0.442. The van der Waals surface area contributed by atoms with Crippen molar-refractivity contribution in [2.45, 2.75) is 78.0 Å². The number of rotatable bonds is 8. The lowest BCUT2D eigenvalue weighted by atomic mass is 10.1. The van der Waals surface area contributed by atoms with Crippen molar-refractivity contribution >= 4 is 18.5 Å². The first-order chi connectivity index (χ1) is 10.4. The van der Waals surface area contributed by atoms with Crippen molar-refractivity contribution in [2.24, 2.45) is 0 Å². The molecule has 0 aromatic rings. The number of hydrogen-bond acceptors (Lipinski definition) is 5. The minimum Gasteiger partial charge on any atom is -0.458 e. The first-order valence-corrected chi connectivity index (χ1v) is 7.84. The number of carbonyl (C=O) groups is 3. The van der Waals surface area contributed by atoms with Crippen molar-refractivity contribution < 1.29 is 23.9 Å². The van der Waals surface area contributed by atoms with Gasteiger partial charge in [-0.1, -0.05) is 0 Å². The molecule has 0 aliphatic heterocycles. The number of carbonyl (C=O) groups excluding carboxylic acids is 3. The first-order valence-electron chi connectivity index (χ1n) is 7.84. The molecule has 2 N–H and O–H groups in total. The summed E-state index contributed by atoms with van der Waals surface area (Å²) in [5.41, 5.74) is -1.13. The fourth-order valence-corrected chi connectivity index (χ4v) is 1.70. The SMILES string of the molecule is CC(C)(C)OC(=O)NCCCCC(NC=O)C(=O)OC(C)(C)C. The molecule has 134 valence electrons. The van der Waals surface area contributed by atoms with Crippen molar-refractivity contribution in [1.29, 1.82) is 0 Å². The van der Waals surface area contributed by atoms with Gasteiger partial charge in [-0.2, -0.15) is 0 Å². The van der Waals surface area contributed by atoms with Crippen LogP contribution in [0.5, 0.6) is 0 Å². The van der Waals surface area contributed by atoms with E-state index in [2.05, 4.69) is 10.6 Å². The van der Waals surface area contributed by atoms with Crippen LogP contribution in [0.2, 0.25) is 0 Å². The summed E-state index contributed by atoms with van der Waals surface area (Å²) in [6, 6.07) is -0.673. The number of unbranched alkanes of at least 4 members (excludes halogenated alkanes) is 1. The van der Waals surface area contributed by atoms with Crippen LogP contribution < -0.4 is 10.6 Å². The number of ether oxygens (including phenoxy) is 2. The first kappa shape index (κ1) is 21.2. The lowest BCUT2D eigenvalue weighted by molar-refractivity contribution is -0.158. The Kier molecular flexibility index (Phi) is 8.64. The maximum absolute atomic E-state index is 11.9. The highest BCUT2D eigenvalue weighted by molar-refractivity contribution is 5.78. The van der Waals surface area contributed by atoms with Crippen LogP contribution in [0.25, 0.3) is 0 Å². The van der Waals surface area contributed by atoms with Gasteiger partial charge in [0.15, 0.2) is 0 Å². The molecule has 0 saturated carbocycles. The van der Waals surface area contributed by atoms with E-state index in [4.69, 9.17) is 9.47 Å². The summed E-state index contributed by atoms with van der Waals surface area (Å²) in [5, 5.41) is 5.11. The smallest absolute Gasteiger partial charge is 0.407 e. The number of nitrogens with one attached hydrogen (secondary N) is 2. The lowest BCUT2D eigenvalue weighted by Gasteiger charge is -2.23. The van der Waals surface area contributed by atoms with E-state index in [1.54, 1.807) is 41.5 Å². The number of hydrogen-bond donors (Lipinski definition) is 2. The van der Waals surface area contributed by atoms with Gasteiger partial charge in [-0.3, -0.25) is 4.79 Å². The van der Waals surface area contributed by atoms with E-state index < -0.39 is 29.3 Å². The lowest BCUT2D eigenvalue weighted by Crippen LogP contribution is -2.40. The van der Waals surface area contributed by atoms with Gasteiger partial charge in [-0.05, 0) is 60.8 Å². The Labute approximate surface area is 138 Å². The van der Waals surface area contributed by atoms with E-state index >= 15 is 0 Å². The third-order valence-corrected chi connectivity index (χ3v) is 2.55. The summed E-state index contributed by atoms with van der Waals surface area (Å²) in [7, 11) is 0. The molecule has 0 aliphatic carbocycles. The van der Waals surface area contributed by atoms with Crippen molar-refractivity contribution in [3.8, 4) is 0 Å². The van der Waals surface area contributed by atoms with Gasteiger partial charge in [0.25, 0.3) is 0 Å². The van der Waals surface area contributed by atoms with Crippen molar-refractivity contribution in [2.75, 3.05) is 6.54 Å². The molecule has 1 atom stereocenters. The van der Waals surface area contributed by atoms with Gasteiger partial charge in [-0.15, -0.1) is 0 Å². The van der Waals surface area contributed by atoms with Gasteiger partial charge in [0.05, 0.1) is 0 Å². The zero-order chi connectivity index (χ0) is 18.1. The molecule has 2 amide bonds. The van der Waals surface area contributed by atoms with Crippen molar-refractivity contribution in [1.82, 2.24) is 10.6 Å². The Bertz CT molecular complexity index is 396. The largest absolute Gasteiger partial charge is 0.458 e. The normalized spacial score (nSPS) is 13.0. The average molecular weight is 330 g/mol. The van der Waals surface area contributed by atoms with E-state index in [1.807, 2.05) is 0 Å². The van der Waals surface area contributed by atoms with E-state index in [9.17, 15) is 14.4 Å². The zero-order valence-corrected chi connectivity index (χ0v) is 15.0. The second kappa shape index (κ2) is 9.37. The molecule has 1 unspecified atom stereocenters. The average Bonchev–Trinajstić information content (AvgIpc) is 2.32. The fourth-order valence-electron chi connectivity index (χ4n) is 1.70. The monoisotopic (exact) mass is 330 g/mol. The van der Waals surface area contributed by atoms with E-state index in [-0.39, 0.29) is 0 Å². The molecule has 0 aliphatic rings. The van der Waals surface area contributed by atoms with Gasteiger partial charge in [0, 0.05) is 6.54 Å². The Hall–Kier alpha value is -1.79. The molecule has 0 bridgehead atoms. The predicted octanol–water partition coefficient (Wildman–Crippen LogP) is 2.14. The third-order valence-electron chi connectivity index (χ3n) is 2.55. The molecule has 23 heavy (non-hydrogen) atoms. The van der Waals surface area contributed by atoms with E-state index in [1.165, 1.54) is 0 Å². The molecule has 0 aromatic heterocycles. The Balaban J connectivity index is 4.08. The van der Waals surface area contributed by atoms with Crippen LogP contribution in [0.1, 0.15) is 60.8 Å². The van der Waals surface area contributed by atoms with Gasteiger partial charge in [0.2, 0.25) is 6.41 Å². The Morgan fingerprint density at radius 3 is 2.04 bits per heavy atom. The van der Waals surface area contributed by atoms with Crippen LogP contribution in [0.4, 0.5) is 4.79 Å². The van der Waals surface area contributed by atoms with Crippen LogP contribution in [-0.4, -0.2) is 42.3 Å². The summed E-state index contributed by atoms with van der Waals surface area (Å²) in [4.78, 5) is 34.0. The highest BCUT2D eigenvalue weighted by Gasteiger charge is 2.24. The van der Waals surface area contributed by atoms with Gasteiger partial charge >= 0.3 is 12.1 Å². The van der Waals surface area contributed by atoms with Crippen LogP contribution in [0.15, 0.2) is 0 Å². The second-order valence-corrected chi connectivity index (χ2v) is 7.30. The molecule has 7 heteroatoms. The molecule has 0 saturated heterocycles. The summed E-state index contributed by atoms with van der Waals surface area (Å²) < 4.78 is 10.4. The molecular formula is C16H30N2O5. The Morgan fingerprint density at radius 2 is 1.57 bits per heavy atom. The highest BCUT2D eigenvalue weighted by Crippen LogP contribution is 2.11. The third kappa shape index (κ3) is 12.4. The van der Waals surface area contributed by atoms with E-state index in [0.29, 0.717) is 32.2 Å². The number of esters is 1. The zero-order valence-electron chi connectivity index (χ0n) is 15.0. The maximum atomic E-state index is 11.9. The molecule has 0 aromatic carbocycles. The summed E-state index contributed by atoms with van der Waals surface area (Å²) in [6.45, 7) is 11.1. The van der Waals surface area contributed by atoms with Crippen LogP contribution in [-0.2, 0) is 19.1 Å². The second-order valence-electron chi connectivity index (χ2n) is 7.30. The molecule has 0 heterocycles. The van der Waals surface area contributed by atoms with E-state index in [0.717, 1.165) is 0 Å². The molecule has 0 rings (SSSR count). The van der Waals surface area contributed by atoms with Gasteiger partial charge in [-0.25, -0.2) is 9.59 Å². The minimum atomic E-state index is -0.673. The molecule has 0 radical (unpaired) electrons. The Morgan fingerprint density at radius 1 is 1.00 bits per heavy atom. The van der Waals surface area contributed by atoms with Crippen molar-refractivity contribution in [3.05, 3.63) is 0 Å². The van der Waals surface area contributed by atoms with Crippen LogP contribution in [0, 0.1) is 0 Å². The molecule has 0 spiro atoms. The molecular weight excluding hydrogens is 300 g/mol. The van der Waals surface area contributed by atoms with Crippen LogP contribution in [0.3, 0.4) is 0 Å². The standard InChI is InChI=1S/C16H30N2O5/c1-15(2,3)22-13(20)12(18-11-19)9-7-8-10-17-14(21)23-16(4,5)6/h11-12H,7-10H2,1-6H3,(H,17,21)(H,18,19). The highest BCUT2D eigenvalue weighted by atomic mass is 16.6. The number of alkyl carbamates (subject to hydrolysis) is 1. The fraction of sp³-hybridized carbons (Fsp3) is 0.812. The van der Waals surface area contributed by atoms with Crippen molar-refractivity contribution in [3.63, 3.8) is 0 Å². The van der Waals surface area contributed by atoms with Gasteiger partial charge < -0.3 is 20.1 Å². The molecule has 7 nitrogen and oxygen atoms in total. The maximum Gasteiger partial charge on any atom is 0.407 e. The topological polar surface area (TPSA) is 93.7 Å². The summed E-state index contributed by atoms with van der Waals surface area (Å²) >= 11 is 0. The summed E-state index contributed by atoms with van der Waals surface area (Å²) in [6.07, 6.45) is 1.80. The predicted molar refractivity (Wildman–Crippen MR) is 86.9 cm³/mol. The summed E-state index contributed by atoms with van der Waals surface area (Å²) in [5.74, 6) is -0.454. The quantitative estimate of drug-likeness (QED) is 0.404. The number of amides is 2. The van der Waals surface area contributed by atoms with Gasteiger partial charge in [0.1, 0.15) is 17.2 Å². The van der Waals surface area contributed by atoms with Crippen LogP contribution >= 0.6 is 0 Å².